The van der Waals surface area contributed by atoms with Crippen LogP contribution in [0.2, 0.25) is 0 Å². The highest BCUT2D eigenvalue weighted by Gasteiger charge is 2.32. The molecular weight excluding hydrogens is 418 g/mol. The van der Waals surface area contributed by atoms with Crippen molar-refractivity contribution in [3.63, 3.8) is 0 Å². The van der Waals surface area contributed by atoms with Crippen LogP contribution in [0.3, 0.4) is 0 Å². The maximum Gasteiger partial charge on any atom is 0.573 e. The topological polar surface area (TPSA) is 103 Å². The lowest BCUT2D eigenvalue weighted by Crippen LogP contribution is -2.30. The molecule has 1 aromatic carbocycles. The lowest BCUT2D eigenvalue weighted by molar-refractivity contribution is -0.274. The minimum absolute atomic E-state index is 0.0909. The van der Waals surface area contributed by atoms with Crippen LogP contribution in [-0.4, -0.2) is 49.8 Å². The molecule has 2 aromatic rings. The molecule has 0 radical (unpaired) electrons. The van der Waals surface area contributed by atoms with Crippen molar-refractivity contribution in [2.24, 2.45) is 0 Å². The number of alkyl halides is 4. The number of hydrogen-bond donors (Lipinski definition) is 1. The molecule has 1 saturated heterocycles. The maximum atomic E-state index is 13.3. The van der Waals surface area contributed by atoms with Crippen molar-refractivity contribution >= 4 is 21.4 Å². The molecule has 0 aliphatic carbocycles. The molecule has 156 valence electrons. The number of nitrogen functional groups attached to an aromatic ring is 1. The fourth-order valence-electron chi connectivity index (χ4n) is 2.80. The van der Waals surface area contributed by atoms with Crippen LogP contribution in [0.1, 0.15) is 16.9 Å². The SMILES string of the molecule is Nc1cc(S(=O)(=O)c2ccc(OC(F)(F)F)cc2)cnc1C(=O)N1CC[C@H](F)C1. The molecule has 0 unspecified atom stereocenters. The Labute approximate surface area is 163 Å². The first-order chi connectivity index (χ1) is 13.5. The summed E-state index contributed by atoms with van der Waals surface area (Å²) in [5, 5.41) is 0. The first-order valence-corrected chi connectivity index (χ1v) is 9.75. The average molecular weight is 433 g/mol. The number of amides is 1. The highest BCUT2D eigenvalue weighted by atomic mass is 32.2. The fourth-order valence-corrected chi connectivity index (χ4v) is 4.04. The summed E-state index contributed by atoms with van der Waals surface area (Å²) in [6.07, 6.45) is -4.92. The Kier molecular flexibility index (Phi) is 5.39. The van der Waals surface area contributed by atoms with Gasteiger partial charge in [0.1, 0.15) is 11.9 Å². The Morgan fingerprint density at radius 3 is 2.38 bits per heavy atom. The number of nitrogens with two attached hydrogens (primary N) is 1. The smallest absolute Gasteiger partial charge is 0.406 e. The van der Waals surface area contributed by atoms with Gasteiger partial charge in [0, 0.05) is 12.7 Å². The fraction of sp³-hybridized carbons (Fsp3) is 0.294. The molecule has 1 amide bonds. The summed E-state index contributed by atoms with van der Waals surface area (Å²) in [5.41, 5.74) is 5.37. The van der Waals surface area contributed by atoms with Gasteiger partial charge in [0.25, 0.3) is 5.91 Å². The number of nitrogens with zero attached hydrogens (tertiary/aromatic N) is 2. The Bertz CT molecular complexity index is 1030. The molecule has 1 fully saturated rings. The van der Waals surface area contributed by atoms with Crippen molar-refractivity contribution < 1.29 is 35.5 Å². The zero-order chi connectivity index (χ0) is 21.4. The van der Waals surface area contributed by atoms with E-state index in [0.29, 0.717) is 0 Å². The second kappa shape index (κ2) is 7.50. The summed E-state index contributed by atoms with van der Waals surface area (Å²) in [6, 6.07) is 4.62. The van der Waals surface area contributed by atoms with Crippen molar-refractivity contribution in [3.05, 3.63) is 42.2 Å². The molecule has 2 heterocycles. The van der Waals surface area contributed by atoms with Crippen LogP contribution in [0.25, 0.3) is 0 Å². The number of sulfone groups is 1. The molecule has 3 rings (SSSR count). The number of likely N-dealkylation sites (tertiary alicyclic amines) is 1. The van der Waals surface area contributed by atoms with Crippen molar-refractivity contribution in [1.82, 2.24) is 9.88 Å². The zero-order valence-corrected chi connectivity index (χ0v) is 15.5. The number of benzene rings is 1. The van der Waals surface area contributed by atoms with Gasteiger partial charge in [0.15, 0.2) is 5.69 Å². The van der Waals surface area contributed by atoms with Gasteiger partial charge in [-0.25, -0.2) is 17.8 Å². The summed E-state index contributed by atoms with van der Waals surface area (Å²) >= 11 is 0. The number of ether oxygens (including phenoxy) is 1. The van der Waals surface area contributed by atoms with E-state index in [9.17, 15) is 30.8 Å². The van der Waals surface area contributed by atoms with E-state index in [1.807, 2.05) is 0 Å². The van der Waals surface area contributed by atoms with Crippen molar-refractivity contribution in [2.75, 3.05) is 18.8 Å². The summed E-state index contributed by atoms with van der Waals surface area (Å²) in [5.74, 6) is -1.19. The maximum absolute atomic E-state index is 13.3. The lowest BCUT2D eigenvalue weighted by Gasteiger charge is -2.16. The number of hydrogen-bond acceptors (Lipinski definition) is 6. The van der Waals surface area contributed by atoms with Gasteiger partial charge in [-0.05, 0) is 36.8 Å². The van der Waals surface area contributed by atoms with E-state index >= 15 is 0 Å². The molecule has 1 aliphatic heterocycles. The second-order valence-corrected chi connectivity index (χ2v) is 8.22. The van der Waals surface area contributed by atoms with Crippen molar-refractivity contribution in [2.45, 2.75) is 28.7 Å². The standard InChI is InChI=1S/C17H15F4N3O4S/c18-10-5-6-24(9-10)16(25)15-14(22)7-13(8-23-15)29(26,27)12-3-1-11(2-4-12)28-17(19,20)21/h1-4,7-8,10H,5-6,9,22H2/t10-/m0/s1. The van der Waals surface area contributed by atoms with E-state index in [4.69, 9.17) is 5.73 Å². The predicted molar refractivity (Wildman–Crippen MR) is 92.6 cm³/mol. The molecule has 0 saturated carbocycles. The van der Waals surface area contributed by atoms with Crippen molar-refractivity contribution in [1.29, 1.82) is 0 Å². The Morgan fingerprint density at radius 1 is 1.21 bits per heavy atom. The highest BCUT2D eigenvalue weighted by Crippen LogP contribution is 2.28. The lowest BCUT2D eigenvalue weighted by atomic mass is 10.2. The van der Waals surface area contributed by atoms with Crippen LogP contribution in [0, 0.1) is 0 Å². The number of aromatic nitrogens is 1. The van der Waals surface area contributed by atoms with Gasteiger partial charge in [0.05, 0.1) is 22.0 Å². The van der Waals surface area contributed by atoms with Crippen molar-refractivity contribution in [3.8, 4) is 5.75 Å². The number of carbonyl (C=O) groups is 1. The van der Waals surface area contributed by atoms with Gasteiger partial charge in [-0.1, -0.05) is 0 Å². The largest absolute Gasteiger partial charge is 0.573 e. The molecule has 1 aromatic heterocycles. The first kappa shape index (κ1) is 20.8. The molecule has 0 bridgehead atoms. The Balaban J connectivity index is 1.84. The second-order valence-electron chi connectivity index (χ2n) is 6.27. The third kappa shape index (κ3) is 4.58. The number of pyridine rings is 1. The van der Waals surface area contributed by atoms with E-state index in [2.05, 4.69) is 9.72 Å². The molecule has 2 N–H and O–H groups in total. The highest BCUT2D eigenvalue weighted by molar-refractivity contribution is 7.91. The number of anilines is 1. The first-order valence-electron chi connectivity index (χ1n) is 8.27. The molecular formula is C17H15F4N3O4S. The van der Waals surface area contributed by atoms with Crippen LogP contribution in [-0.2, 0) is 9.84 Å². The minimum Gasteiger partial charge on any atom is -0.406 e. The van der Waals surface area contributed by atoms with Gasteiger partial charge >= 0.3 is 6.36 Å². The zero-order valence-electron chi connectivity index (χ0n) is 14.7. The quantitative estimate of drug-likeness (QED) is 0.744. The summed E-state index contributed by atoms with van der Waals surface area (Å²) in [7, 11) is -4.16. The number of rotatable bonds is 4. The molecule has 12 heteroatoms. The normalized spacial score (nSPS) is 17.4. The van der Waals surface area contributed by atoms with Gasteiger partial charge in [0.2, 0.25) is 9.84 Å². The minimum atomic E-state index is -4.90. The van der Waals surface area contributed by atoms with Crippen LogP contribution in [0.5, 0.6) is 5.75 Å². The van der Waals surface area contributed by atoms with Crippen LogP contribution in [0.15, 0.2) is 46.3 Å². The molecule has 29 heavy (non-hydrogen) atoms. The van der Waals surface area contributed by atoms with E-state index in [1.165, 1.54) is 4.90 Å². The van der Waals surface area contributed by atoms with Crippen LogP contribution in [0.4, 0.5) is 23.2 Å². The summed E-state index contributed by atoms with van der Waals surface area (Å²) in [6.45, 7) is 0.111. The predicted octanol–water partition coefficient (Wildman–Crippen LogP) is 2.58. The van der Waals surface area contributed by atoms with E-state index in [1.54, 1.807) is 0 Å². The van der Waals surface area contributed by atoms with Crippen LogP contribution < -0.4 is 10.5 Å². The Morgan fingerprint density at radius 2 is 1.86 bits per heavy atom. The van der Waals surface area contributed by atoms with Gasteiger partial charge < -0.3 is 15.4 Å². The molecule has 1 aliphatic rings. The number of carbonyl (C=O) groups excluding carboxylic acids is 1. The van der Waals surface area contributed by atoms with Gasteiger partial charge in [-0.15, -0.1) is 13.2 Å². The Hall–Kier alpha value is -2.89. The summed E-state index contributed by atoms with van der Waals surface area (Å²) in [4.78, 5) is 16.7. The van der Waals surface area contributed by atoms with E-state index < -0.39 is 34.0 Å². The average Bonchev–Trinajstić information content (AvgIpc) is 3.06. The van der Waals surface area contributed by atoms with Gasteiger partial charge in [-0.3, -0.25) is 4.79 Å². The van der Waals surface area contributed by atoms with E-state index in [-0.39, 0.29) is 40.7 Å². The summed E-state index contributed by atoms with van der Waals surface area (Å²) < 4.78 is 78.9. The van der Waals surface area contributed by atoms with Crippen LogP contribution >= 0.6 is 0 Å². The molecule has 1 atom stereocenters. The monoisotopic (exact) mass is 433 g/mol. The molecule has 7 nitrogen and oxygen atoms in total. The van der Waals surface area contributed by atoms with Gasteiger partial charge in [-0.2, -0.15) is 0 Å². The number of halogens is 4. The third-order valence-corrected chi connectivity index (χ3v) is 5.93. The third-order valence-electron chi connectivity index (χ3n) is 4.19. The van der Waals surface area contributed by atoms with E-state index in [0.717, 1.165) is 36.5 Å². The molecule has 0 spiro atoms.